The minimum absolute atomic E-state index is 0.314. The van der Waals surface area contributed by atoms with Crippen molar-refractivity contribution in [3.8, 4) is 0 Å². The predicted molar refractivity (Wildman–Crippen MR) is 46.5 cm³/mol. The van der Waals surface area contributed by atoms with Crippen molar-refractivity contribution in [3.63, 3.8) is 0 Å². The smallest absolute Gasteiger partial charge is 0.0459 e. The summed E-state index contributed by atoms with van der Waals surface area (Å²) in [5.41, 5.74) is 8.11. The van der Waals surface area contributed by atoms with Crippen LogP contribution in [0.1, 0.15) is 25.7 Å². The van der Waals surface area contributed by atoms with Crippen LogP contribution in [0.15, 0.2) is 5.11 Å². The lowest BCUT2D eigenvalue weighted by atomic mass is 9.82. The van der Waals surface area contributed by atoms with Crippen molar-refractivity contribution in [3.05, 3.63) is 10.4 Å². The Labute approximate surface area is 72.2 Å². The van der Waals surface area contributed by atoms with Crippen LogP contribution in [0.25, 0.3) is 10.4 Å². The van der Waals surface area contributed by atoms with Gasteiger partial charge in [-0.3, -0.25) is 0 Å². The second-order valence-corrected chi connectivity index (χ2v) is 3.48. The summed E-state index contributed by atoms with van der Waals surface area (Å²) in [5.74, 6) is 1.05. The minimum atomic E-state index is 0.314. The highest BCUT2D eigenvalue weighted by Crippen LogP contribution is 2.28. The molecular formula is C8H15N3O. The molecule has 0 aromatic heterocycles. The van der Waals surface area contributed by atoms with Crippen LogP contribution in [-0.4, -0.2) is 18.3 Å². The summed E-state index contributed by atoms with van der Waals surface area (Å²) < 4.78 is 0. The van der Waals surface area contributed by atoms with E-state index in [1.807, 2.05) is 0 Å². The van der Waals surface area contributed by atoms with Gasteiger partial charge in [0, 0.05) is 18.1 Å². The molecule has 0 aromatic carbocycles. The van der Waals surface area contributed by atoms with Crippen molar-refractivity contribution < 1.29 is 5.11 Å². The maximum atomic E-state index is 8.87. The van der Waals surface area contributed by atoms with Crippen LogP contribution in [0.2, 0.25) is 0 Å². The van der Waals surface area contributed by atoms with Gasteiger partial charge in [-0.2, -0.15) is 0 Å². The van der Waals surface area contributed by atoms with Crippen LogP contribution in [0, 0.1) is 11.8 Å². The zero-order valence-electron chi connectivity index (χ0n) is 7.19. The molecule has 0 amide bonds. The topological polar surface area (TPSA) is 69.0 Å². The first-order chi connectivity index (χ1) is 5.86. The summed E-state index contributed by atoms with van der Waals surface area (Å²) in [7, 11) is 0. The lowest BCUT2D eigenvalue weighted by Gasteiger charge is -2.25. The molecule has 68 valence electrons. The largest absolute Gasteiger partial charge is 0.396 e. The number of nitrogens with zero attached hydrogens (tertiary/aromatic N) is 3. The molecule has 0 spiro atoms. The second kappa shape index (κ2) is 5.01. The third-order valence-electron chi connectivity index (χ3n) is 2.63. The molecule has 4 nitrogen and oxygen atoms in total. The maximum Gasteiger partial charge on any atom is 0.0459 e. The Kier molecular flexibility index (Phi) is 3.91. The highest BCUT2D eigenvalue weighted by Gasteiger charge is 2.19. The van der Waals surface area contributed by atoms with E-state index in [2.05, 4.69) is 10.0 Å². The van der Waals surface area contributed by atoms with Crippen LogP contribution in [0.4, 0.5) is 0 Å². The van der Waals surface area contributed by atoms with Gasteiger partial charge in [0.2, 0.25) is 0 Å². The molecule has 1 aliphatic carbocycles. The third-order valence-corrected chi connectivity index (χ3v) is 2.63. The molecule has 4 heteroatoms. The highest BCUT2D eigenvalue weighted by molar-refractivity contribution is 4.73. The van der Waals surface area contributed by atoms with Crippen molar-refractivity contribution in [2.45, 2.75) is 25.7 Å². The second-order valence-electron chi connectivity index (χ2n) is 3.48. The van der Waals surface area contributed by atoms with Crippen molar-refractivity contribution in [2.75, 3.05) is 13.2 Å². The van der Waals surface area contributed by atoms with Gasteiger partial charge in [-0.1, -0.05) is 5.11 Å². The number of hydrogen-bond donors (Lipinski definition) is 1. The Morgan fingerprint density at radius 3 is 2.33 bits per heavy atom. The Bertz CT molecular complexity index is 169. The van der Waals surface area contributed by atoms with E-state index in [1.54, 1.807) is 0 Å². The zero-order chi connectivity index (χ0) is 8.81. The van der Waals surface area contributed by atoms with Crippen LogP contribution < -0.4 is 0 Å². The summed E-state index contributed by atoms with van der Waals surface area (Å²) in [6.07, 6.45) is 4.37. The molecule has 1 saturated carbocycles. The molecule has 0 aromatic rings. The molecule has 12 heavy (non-hydrogen) atoms. The average Bonchev–Trinajstić information content (AvgIpc) is 2.15. The first-order valence-electron chi connectivity index (χ1n) is 4.48. The summed E-state index contributed by atoms with van der Waals surface area (Å²) in [4.78, 5) is 2.74. The fourth-order valence-corrected chi connectivity index (χ4v) is 1.75. The van der Waals surface area contributed by atoms with Crippen LogP contribution in [0.3, 0.4) is 0 Å². The van der Waals surface area contributed by atoms with Gasteiger partial charge in [0.05, 0.1) is 0 Å². The number of azide groups is 1. The number of hydrogen-bond acceptors (Lipinski definition) is 2. The molecule has 0 heterocycles. The molecule has 0 unspecified atom stereocenters. The van der Waals surface area contributed by atoms with Crippen molar-refractivity contribution >= 4 is 0 Å². The molecule has 0 bridgehead atoms. The SMILES string of the molecule is [N-]=[N+]=NCC1CCC(CO)CC1. The Hall–Kier alpha value is -0.730. The van der Waals surface area contributed by atoms with E-state index >= 15 is 0 Å². The summed E-state index contributed by atoms with van der Waals surface area (Å²) >= 11 is 0. The summed E-state index contributed by atoms with van der Waals surface area (Å²) in [6, 6.07) is 0. The fourth-order valence-electron chi connectivity index (χ4n) is 1.75. The lowest BCUT2D eigenvalue weighted by Crippen LogP contribution is -2.18. The van der Waals surface area contributed by atoms with E-state index in [9.17, 15) is 0 Å². The van der Waals surface area contributed by atoms with Crippen LogP contribution >= 0.6 is 0 Å². The molecule has 1 rings (SSSR count). The standard InChI is InChI=1S/C8H15N3O/c9-11-10-5-7-1-3-8(6-12)4-2-7/h7-8,12H,1-6H2. The highest BCUT2D eigenvalue weighted by atomic mass is 16.3. The molecule has 1 fully saturated rings. The first kappa shape index (κ1) is 9.36. The number of rotatable bonds is 3. The third kappa shape index (κ3) is 2.72. The summed E-state index contributed by atoms with van der Waals surface area (Å²) in [5, 5.41) is 12.4. The normalized spacial score (nSPS) is 29.4. The quantitative estimate of drug-likeness (QED) is 0.392. The van der Waals surface area contributed by atoms with Gasteiger partial charge in [-0.05, 0) is 43.1 Å². The van der Waals surface area contributed by atoms with Gasteiger partial charge < -0.3 is 5.11 Å². The number of aliphatic hydroxyl groups excluding tert-OH is 1. The molecule has 1 aliphatic rings. The van der Waals surface area contributed by atoms with E-state index in [0.717, 1.165) is 25.7 Å². The van der Waals surface area contributed by atoms with Crippen LogP contribution in [-0.2, 0) is 0 Å². The first-order valence-corrected chi connectivity index (χ1v) is 4.48. The van der Waals surface area contributed by atoms with Gasteiger partial charge in [0.15, 0.2) is 0 Å². The average molecular weight is 169 g/mol. The molecule has 0 aliphatic heterocycles. The van der Waals surface area contributed by atoms with E-state index in [-0.39, 0.29) is 0 Å². The van der Waals surface area contributed by atoms with E-state index in [0.29, 0.717) is 25.0 Å². The molecular weight excluding hydrogens is 154 g/mol. The van der Waals surface area contributed by atoms with Gasteiger partial charge in [-0.25, -0.2) is 0 Å². The number of aliphatic hydroxyl groups is 1. The summed E-state index contributed by atoms with van der Waals surface area (Å²) in [6.45, 7) is 0.947. The van der Waals surface area contributed by atoms with E-state index in [1.165, 1.54) is 0 Å². The van der Waals surface area contributed by atoms with E-state index < -0.39 is 0 Å². The minimum Gasteiger partial charge on any atom is -0.396 e. The monoisotopic (exact) mass is 169 g/mol. The van der Waals surface area contributed by atoms with Crippen molar-refractivity contribution in [1.82, 2.24) is 0 Å². The van der Waals surface area contributed by atoms with Crippen molar-refractivity contribution in [2.24, 2.45) is 17.0 Å². The maximum absolute atomic E-state index is 8.87. The van der Waals surface area contributed by atoms with Gasteiger partial charge in [-0.15, -0.1) is 0 Å². The van der Waals surface area contributed by atoms with E-state index in [4.69, 9.17) is 10.6 Å². The Morgan fingerprint density at radius 2 is 1.83 bits per heavy atom. The van der Waals surface area contributed by atoms with Gasteiger partial charge in [0.1, 0.15) is 0 Å². The predicted octanol–water partition coefficient (Wildman–Crippen LogP) is 2.10. The zero-order valence-corrected chi connectivity index (χ0v) is 7.19. The molecule has 1 N–H and O–H groups in total. The Balaban J connectivity index is 2.21. The fraction of sp³-hybridized carbons (Fsp3) is 1.00. The van der Waals surface area contributed by atoms with Crippen molar-refractivity contribution in [1.29, 1.82) is 0 Å². The lowest BCUT2D eigenvalue weighted by molar-refractivity contribution is 0.169. The molecule has 0 atom stereocenters. The van der Waals surface area contributed by atoms with Crippen LogP contribution in [0.5, 0.6) is 0 Å². The van der Waals surface area contributed by atoms with Gasteiger partial charge in [0.25, 0.3) is 0 Å². The molecule has 0 saturated heterocycles. The van der Waals surface area contributed by atoms with Gasteiger partial charge >= 0.3 is 0 Å². The molecule has 0 radical (unpaired) electrons. The Morgan fingerprint density at radius 1 is 1.25 bits per heavy atom.